The molecule has 1 aliphatic heterocycles. The fourth-order valence-corrected chi connectivity index (χ4v) is 4.91. The van der Waals surface area contributed by atoms with Crippen molar-refractivity contribution in [3.63, 3.8) is 0 Å². The van der Waals surface area contributed by atoms with Crippen LogP contribution in [0.2, 0.25) is 0 Å². The minimum absolute atomic E-state index is 0.183. The van der Waals surface area contributed by atoms with E-state index < -0.39 is 0 Å². The van der Waals surface area contributed by atoms with E-state index in [4.69, 9.17) is 17.0 Å². The Labute approximate surface area is 219 Å². The van der Waals surface area contributed by atoms with Gasteiger partial charge in [-0.25, -0.2) is 4.39 Å². The minimum Gasteiger partial charge on any atom is -0.497 e. The highest BCUT2D eigenvalue weighted by atomic mass is 32.1. The van der Waals surface area contributed by atoms with Gasteiger partial charge in [0.05, 0.1) is 24.9 Å². The molecule has 3 heterocycles. The van der Waals surface area contributed by atoms with Gasteiger partial charge >= 0.3 is 0 Å². The van der Waals surface area contributed by atoms with E-state index in [1.807, 2.05) is 59.6 Å². The topological polar surface area (TPSA) is 71.4 Å². The van der Waals surface area contributed by atoms with Crippen molar-refractivity contribution in [2.75, 3.05) is 19.0 Å². The molecular formula is C28H26FN5O2S. The van der Waals surface area contributed by atoms with Gasteiger partial charge in [0.15, 0.2) is 5.11 Å². The van der Waals surface area contributed by atoms with E-state index in [9.17, 15) is 9.18 Å². The Morgan fingerprint density at radius 1 is 1.11 bits per heavy atom. The quantitative estimate of drug-likeness (QED) is 0.321. The summed E-state index contributed by atoms with van der Waals surface area (Å²) in [6.07, 6.45) is 3.96. The van der Waals surface area contributed by atoms with Crippen LogP contribution < -0.4 is 15.4 Å². The van der Waals surface area contributed by atoms with Crippen molar-refractivity contribution in [1.29, 1.82) is 0 Å². The van der Waals surface area contributed by atoms with Crippen LogP contribution in [0.4, 0.5) is 10.1 Å². The third-order valence-electron chi connectivity index (χ3n) is 6.32. The standard InChI is InChI=1S/C28H26FN5O2S/c1-36-22-7-4-6-21(18-22)33-16-5-9-24(33)27-26(23-8-2-3-15-30-23)32-28(37)34(27)17-14-25(35)31-20-12-10-19(29)11-13-20/h2-13,15-16,18,26-27H,14,17H2,1H3,(H,31,35)(H,32,37)/t26-,27-/m0/s1. The molecule has 7 nitrogen and oxygen atoms in total. The molecule has 1 saturated heterocycles. The maximum absolute atomic E-state index is 13.2. The van der Waals surface area contributed by atoms with Crippen molar-refractivity contribution in [1.82, 2.24) is 19.8 Å². The number of halogens is 1. The van der Waals surface area contributed by atoms with Gasteiger partial charge in [-0.15, -0.1) is 0 Å². The molecule has 2 aromatic heterocycles. The molecule has 1 fully saturated rings. The number of methoxy groups -OCH3 is 1. The summed E-state index contributed by atoms with van der Waals surface area (Å²) in [5.41, 5.74) is 3.34. The number of pyridine rings is 1. The third-order valence-corrected chi connectivity index (χ3v) is 6.67. The lowest BCUT2D eigenvalue weighted by Gasteiger charge is -2.29. The molecule has 37 heavy (non-hydrogen) atoms. The summed E-state index contributed by atoms with van der Waals surface area (Å²) < 4.78 is 20.8. The van der Waals surface area contributed by atoms with Crippen molar-refractivity contribution in [3.05, 3.63) is 108 Å². The number of carbonyl (C=O) groups is 1. The molecule has 0 spiro atoms. The fourth-order valence-electron chi connectivity index (χ4n) is 4.58. The maximum Gasteiger partial charge on any atom is 0.226 e. The Balaban J connectivity index is 1.44. The lowest BCUT2D eigenvalue weighted by atomic mass is 10.0. The van der Waals surface area contributed by atoms with E-state index in [0.717, 1.165) is 22.8 Å². The summed E-state index contributed by atoms with van der Waals surface area (Å²) in [5.74, 6) is 0.222. The first-order chi connectivity index (χ1) is 18.0. The van der Waals surface area contributed by atoms with E-state index >= 15 is 0 Å². The molecule has 1 aliphatic rings. The average Bonchev–Trinajstić information content (AvgIpc) is 3.53. The first-order valence-corrected chi connectivity index (χ1v) is 12.3. The van der Waals surface area contributed by atoms with Crippen molar-refractivity contribution < 1.29 is 13.9 Å². The molecule has 2 atom stereocenters. The molecule has 188 valence electrons. The van der Waals surface area contributed by atoms with Crippen LogP contribution >= 0.6 is 12.2 Å². The summed E-state index contributed by atoms with van der Waals surface area (Å²) in [6, 6.07) is 23.0. The van der Waals surface area contributed by atoms with E-state index in [1.54, 1.807) is 13.3 Å². The van der Waals surface area contributed by atoms with Gasteiger partial charge in [-0.2, -0.15) is 0 Å². The zero-order chi connectivity index (χ0) is 25.8. The van der Waals surface area contributed by atoms with Crippen LogP contribution in [0.15, 0.2) is 91.3 Å². The van der Waals surface area contributed by atoms with Gasteiger partial charge in [0.25, 0.3) is 0 Å². The second-order valence-corrected chi connectivity index (χ2v) is 9.02. The second kappa shape index (κ2) is 10.8. The predicted octanol–water partition coefficient (Wildman–Crippen LogP) is 5.02. The lowest BCUT2D eigenvalue weighted by Crippen LogP contribution is -2.33. The number of hydrogen-bond donors (Lipinski definition) is 2. The van der Waals surface area contributed by atoms with Crippen LogP contribution in [-0.2, 0) is 4.79 Å². The zero-order valence-electron chi connectivity index (χ0n) is 20.2. The smallest absolute Gasteiger partial charge is 0.226 e. The van der Waals surface area contributed by atoms with Gasteiger partial charge in [-0.1, -0.05) is 12.1 Å². The molecule has 2 N–H and O–H groups in total. The van der Waals surface area contributed by atoms with Crippen LogP contribution in [0.1, 0.15) is 29.9 Å². The number of carbonyl (C=O) groups excluding carboxylic acids is 1. The monoisotopic (exact) mass is 515 g/mol. The highest BCUT2D eigenvalue weighted by Gasteiger charge is 2.41. The molecule has 0 bridgehead atoms. The Morgan fingerprint density at radius 2 is 1.95 bits per heavy atom. The van der Waals surface area contributed by atoms with Gasteiger partial charge < -0.3 is 24.8 Å². The largest absolute Gasteiger partial charge is 0.497 e. The number of anilines is 1. The van der Waals surface area contributed by atoms with Gasteiger partial charge in [0.1, 0.15) is 11.6 Å². The van der Waals surface area contributed by atoms with Crippen molar-refractivity contribution in [2.45, 2.75) is 18.5 Å². The van der Waals surface area contributed by atoms with Crippen molar-refractivity contribution >= 4 is 28.9 Å². The highest BCUT2D eigenvalue weighted by Crippen LogP contribution is 2.39. The summed E-state index contributed by atoms with van der Waals surface area (Å²) in [5, 5.41) is 6.80. The number of benzene rings is 2. The van der Waals surface area contributed by atoms with E-state index in [0.29, 0.717) is 17.3 Å². The number of amides is 1. The molecule has 4 aromatic rings. The lowest BCUT2D eigenvalue weighted by molar-refractivity contribution is -0.116. The Morgan fingerprint density at radius 3 is 2.70 bits per heavy atom. The molecular weight excluding hydrogens is 489 g/mol. The normalized spacial score (nSPS) is 16.9. The third kappa shape index (κ3) is 5.31. The summed E-state index contributed by atoms with van der Waals surface area (Å²) >= 11 is 5.75. The number of aromatic nitrogens is 2. The molecule has 0 aliphatic carbocycles. The highest BCUT2D eigenvalue weighted by molar-refractivity contribution is 7.80. The zero-order valence-corrected chi connectivity index (χ0v) is 21.0. The Hall–Kier alpha value is -4.24. The number of nitrogens with one attached hydrogen (secondary N) is 2. The molecule has 0 radical (unpaired) electrons. The second-order valence-electron chi connectivity index (χ2n) is 8.63. The van der Waals surface area contributed by atoms with Crippen molar-refractivity contribution in [2.24, 2.45) is 0 Å². The first kappa shape index (κ1) is 24.5. The first-order valence-electron chi connectivity index (χ1n) is 11.9. The molecule has 2 aromatic carbocycles. The molecule has 1 amide bonds. The molecule has 9 heteroatoms. The van der Waals surface area contributed by atoms with Crippen LogP contribution in [0, 0.1) is 5.82 Å². The number of rotatable bonds is 8. The maximum atomic E-state index is 13.2. The van der Waals surface area contributed by atoms with Gasteiger partial charge in [0, 0.05) is 48.5 Å². The molecule has 5 rings (SSSR count). The number of ether oxygens (including phenoxy) is 1. The van der Waals surface area contributed by atoms with Crippen molar-refractivity contribution in [3.8, 4) is 11.4 Å². The predicted molar refractivity (Wildman–Crippen MR) is 144 cm³/mol. The molecule has 0 unspecified atom stereocenters. The Kier molecular flexibility index (Phi) is 7.14. The van der Waals surface area contributed by atoms with Gasteiger partial charge in [-0.3, -0.25) is 9.78 Å². The van der Waals surface area contributed by atoms with E-state index in [-0.39, 0.29) is 30.2 Å². The van der Waals surface area contributed by atoms with Gasteiger partial charge in [0.2, 0.25) is 5.91 Å². The van der Waals surface area contributed by atoms with Crippen LogP contribution in [0.3, 0.4) is 0 Å². The number of thiocarbonyl (C=S) groups is 1. The SMILES string of the molecule is COc1cccc(-n2cccc2[C@H]2[C@H](c3ccccn3)NC(=S)N2CCC(=O)Nc2ccc(F)cc2)c1. The van der Waals surface area contributed by atoms with Crippen LogP contribution in [-0.4, -0.2) is 39.1 Å². The van der Waals surface area contributed by atoms with E-state index in [2.05, 4.69) is 26.3 Å². The average molecular weight is 516 g/mol. The van der Waals surface area contributed by atoms with Gasteiger partial charge in [-0.05, 0) is 72.9 Å². The molecule has 0 saturated carbocycles. The van der Waals surface area contributed by atoms with Crippen LogP contribution in [0.5, 0.6) is 5.75 Å². The minimum atomic E-state index is -0.353. The summed E-state index contributed by atoms with van der Waals surface area (Å²) in [7, 11) is 1.64. The Bertz CT molecular complexity index is 1390. The summed E-state index contributed by atoms with van der Waals surface area (Å²) in [6.45, 7) is 0.385. The number of hydrogen-bond acceptors (Lipinski definition) is 4. The van der Waals surface area contributed by atoms with Crippen LogP contribution in [0.25, 0.3) is 5.69 Å². The van der Waals surface area contributed by atoms with E-state index in [1.165, 1.54) is 24.3 Å². The fraction of sp³-hybridized carbons (Fsp3) is 0.179. The number of nitrogens with zero attached hydrogens (tertiary/aromatic N) is 3. The summed E-state index contributed by atoms with van der Waals surface area (Å²) in [4.78, 5) is 19.4.